The van der Waals surface area contributed by atoms with Crippen molar-refractivity contribution in [3.8, 4) is 0 Å². The Labute approximate surface area is 191 Å². The lowest BCUT2D eigenvalue weighted by atomic mass is 9.94. The van der Waals surface area contributed by atoms with Crippen molar-refractivity contribution in [3.05, 3.63) is 76.8 Å². The van der Waals surface area contributed by atoms with Gasteiger partial charge in [0.05, 0.1) is 36.4 Å². The number of fused-ring (bicyclic) bond motifs is 1. The second-order valence-electron chi connectivity index (χ2n) is 8.33. The average molecular weight is 450 g/mol. The molecule has 0 aliphatic carbocycles. The molecule has 8 nitrogen and oxygen atoms in total. The molecule has 1 fully saturated rings. The van der Waals surface area contributed by atoms with Crippen LogP contribution in [0.2, 0.25) is 0 Å². The molecule has 4 rings (SSSR count). The molecular weight excluding hydrogens is 422 g/mol. The van der Waals surface area contributed by atoms with Gasteiger partial charge in [0.1, 0.15) is 6.61 Å². The molecule has 0 amide bonds. The molecule has 0 saturated carbocycles. The summed E-state index contributed by atoms with van der Waals surface area (Å²) in [7, 11) is 0. The van der Waals surface area contributed by atoms with Crippen molar-refractivity contribution >= 4 is 22.7 Å². The van der Waals surface area contributed by atoms with Gasteiger partial charge in [0.25, 0.3) is 5.56 Å². The normalized spacial score (nSPS) is 18.8. The van der Waals surface area contributed by atoms with Gasteiger partial charge in [0.2, 0.25) is 0 Å². The summed E-state index contributed by atoms with van der Waals surface area (Å²) >= 11 is 0. The van der Waals surface area contributed by atoms with Gasteiger partial charge in [0.15, 0.2) is 5.78 Å². The summed E-state index contributed by atoms with van der Waals surface area (Å²) in [5.74, 6) is -0.608. The Morgan fingerprint density at radius 1 is 1.06 bits per heavy atom. The number of rotatable bonds is 8. The number of aliphatic hydroxyl groups excluding tert-OH is 1. The van der Waals surface area contributed by atoms with Gasteiger partial charge in [-0.3, -0.25) is 23.9 Å². The van der Waals surface area contributed by atoms with Crippen LogP contribution in [0.25, 0.3) is 10.9 Å². The van der Waals surface area contributed by atoms with Gasteiger partial charge in [-0.2, -0.15) is 0 Å². The number of carbonyl (C=O) groups excluding carboxylic acids is 2. The number of esters is 1. The average Bonchev–Trinajstić information content (AvgIpc) is 2.83. The van der Waals surface area contributed by atoms with Crippen LogP contribution in [0.5, 0.6) is 0 Å². The number of likely N-dealkylation sites (tertiary alicyclic amines) is 1. The highest BCUT2D eigenvalue weighted by Crippen LogP contribution is 2.21. The molecular formula is C25H27N3O5. The molecule has 8 heteroatoms. The largest absolute Gasteiger partial charge is 0.460 e. The summed E-state index contributed by atoms with van der Waals surface area (Å²) in [5, 5.41) is 11.0. The molecule has 2 atom stereocenters. The Morgan fingerprint density at radius 3 is 2.64 bits per heavy atom. The molecule has 0 spiro atoms. The van der Waals surface area contributed by atoms with E-state index in [2.05, 4.69) is 4.98 Å². The maximum atomic E-state index is 12.8. The Kier molecular flexibility index (Phi) is 7.26. The molecule has 1 saturated heterocycles. The quantitative estimate of drug-likeness (QED) is 0.524. The van der Waals surface area contributed by atoms with Crippen LogP contribution in [-0.2, 0) is 27.5 Å². The molecule has 0 bridgehead atoms. The van der Waals surface area contributed by atoms with Crippen LogP contribution in [0.1, 0.15) is 24.8 Å². The number of aromatic nitrogens is 2. The highest BCUT2D eigenvalue weighted by Gasteiger charge is 2.33. The molecule has 0 radical (unpaired) electrons. The molecule has 3 aromatic rings. The van der Waals surface area contributed by atoms with Gasteiger partial charge >= 0.3 is 5.97 Å². The monoisotopic (exact) mass is 449 g/mol. The van der Waals surface area contributed by atoms with Crippen LogP contribution in [0.4, 0.5) is 0 Å². The van der Waals surface area contributed by atoms with Crippen molar-refractivity contribution in [2.24, 2.45) is 0 Å². The second kappa shape index (κ2) is 10.5. The number of hydrogen-bond donors (Lipinski definition) is 1. The van der Waals surface area contributed by atoms with Crippen LogP contribution < -0.4 is 5.56 Å². The highest BCUT2D eigenvalue weighted by atomic mass is 16.5. The third-order valence-corrected chi connectivity index (χ3v) is 5.95. The molecule has 1 aliphatic heterocycles. The summed E-state index contributed by atoms with van der Waals surface area (Å²) in [6.45, 7) is 0.635. The number of ketones is 1. The van der Waals surface area contributed by atoms with Crippen LogP contribution in [0, 0.1) is 0 Å². The molecule has 1 aromatic heterocycles. The van der Waals surface area contributed by atoms with E-state index in [4.69, 9.17) is 4.74 Å². The maximum Gasteiger partial charge on any atom is 0.320 e. The van der Waals surface area contributed by atoms with Crippen molar-refractivity contribution < 1.29 is 19.4 Å². The third kappa shape index (κ3) is 5.71. The Hall–Kier alpha value is -3.36. The molecule has 0 unspecified atom stereocenters. The van der Waals surface area contributed by atoms with Crippen LogP contribution in [-0.4, -0.2) is 56.5 Å². The molecule has 33 heavy (non-hydrogen) atoms. The van der Waals surface area contributed by atoms with Crippen LogP contribution in [0.15, 0.2) is 65.7 Å². The van der Waals surface area contributed by atoms with E-state index in [9.17, 15) is 19.5 Å². The van der Waals surface area contributed by atoms with E-state index in [-0.39, 0.29) is 37.5 Å². The summed E-state index contributed by atoms with van der Waals surface area (Å²) < 4.78 is 6.66. The first kappa shape index (κ1) is 22.8. The summed E-state index contributed by atoms with van der Waals surface area (Å²) in [4.78, 5) is 43.9. The zero-order valence-electron chi connectivity index (χ0n) is 18.3. The van der Waals surface area contributed by atoms with E-state index in [1.54, 1.807) is 29.2 Å². The van der Waals surface area contributed by atoms with Crippen LogP contribution >= 0.6 is 0 Å². The van der Waals surface area contributed by atoms with E-state index in [1.807, 2.05) is 30.3 Å². The first-order valence-electron chi connectivity index (χ1n) is 11.1. The SMILES string of the molecule is O=C(C[C@@H]1[C@@H](O)CCCN1CC(=O)OCc1ccccc1)Cn1cnc2ccccc2c1=O. The summed E-state index contributed by atoms with van der Waals surface area (Å²) in [6, 6.07) is 15.9. The molecule has 1 N–H and O–H groups in total. The Balaban J connectivity index is 1.38. The standard InChI is InChI=1S/C25H27N3O5/c29-19(14-28-17-26-21-10-5-4-9-20(21)25(28)32)13-22-23(30)11-6-12-27(22)15-24(31)33-16-18-7-2-1-3-8-18/h1-5,7-10,17,22-23,30H,6,11-16H2/t22-,23+/m1/s1. The minimum absolute atomic E-state index is 0.000676. The zero-order chi connectivity index (χ0) is 23.2. The lowest BCUT2D eigenvalue weighted by Gasteiger charge is -2.38. The van der Waals surface area contributed by atoms with Crippen molar-refractivity contribution in [2.45, 2.75) is 44.6 Å². The van der Waals surface area contributed by atoms with E-state index in [0.717, 1.165) is 12.0 Å². The maximum absolute atomic E-state index is 12.8. The van der Waals surface area contributed by atoms with E-state index in [0.29, 0.717) is 23.9 Å². The third-order valence-electron chi connectivity index (χ3n) is 5.95. The number of piperidine rings is 1. The van der Waals surface area contributed by atoms with Gasteiger partial charge in [-0.1, -0.05) is 42.5 Å². The van der Waals surface area contributed by atoms with Crippen molar-refractivity contribution in [1.82, 2.24) is 14.5 Å². The number of Topliss-reactive ketones (excluding diaryl/α,β-unsaturated/α-hetero) is 1. The molecule has 2 heterocycles. The predicted octanol–water partition coefficient (Wildman–Crippen LogP) is 1.92. The zero-order valence-corrected chi connectivity index (χ0v) is 18.3. The number of ether oxygens (including phenoxy) is 1. The van der Waals surface area contributed by atoms with Crippen molar-refractivity contribution in [2.75, 3.05) is 13.1 Å². The number of hydrogen-bond acceptors (Lipinski definition) is 7. The van der Waals surface area contributed by atoms with Gasteiger partial charge in [-0.15, -0.1) is 0 Å². The second-order valence-corrected chi connectivity index (χ2v) is 8.33. The summed E-state index contributed by atoms with van der Waals surface area (Å²) in [5.41, 5.74) is 1.19. The molecule has 1 aliphatic rings. The van der Waals surface area contributed by atoms with Crippen molar-refractivity contribution in [3.63, 3.8) is 0 Å². The van der Waals surface area contributed by atoms with Crippen molar-refractivity contribution in [1.29, 1.82) is 0 Å². The van der Waals surface area contributed by atoms with Gasteiger partial charge < -0.3 is 9.84 Å². The number of nitrogens with zero attached hydrogens (tertiary/aromatic N) is 3. The predicted molar refractivity (Wildman–Crippen MR) is 122 cm³/mol. The summed E-state index contributed by atoms with van der Waals surface area (Å²) in [6.07, 6.45) is 1.97. The fourth-order valence-electron chi connectivity index (χ4n) is 4.22. The van der Waals surface area contributed by atoms with E-state index in [1.165, 1.54) is 10.9 Å². The van der Waals surface area contributed by atoms with Gasteiger partial charge in [0, 0.05) is 12.5 Å². The Bertz CT molecular complexity index is 1180. The lowest BCUT2D eigenvalue weighted by molar-refractivity contribution is -0.149. The number of para-hydroxylation sites is 1. The minimum Gasteiger partial charge on any atom is -0.460 e. The smallest absolute Gasteiger partial charge is 0.320 e. The minimum atomic E-state index is -0.726. The fraction of sp³-hybridized carbons (Fsp3) is 0.360. The number of benzene rings is 2. The Morgan fingerprint density at radius 2 is 1.82 bits per heavy atom. The first-order chi connectivity index (χ1) is 16.0. The number of aliphatic hydroxyl groups is 1. The first-order valence-corrected chi connectivity index (χ1v) is 11.1. The fourth-order valence-corrected chi connectivity index (χ4v) is 4.22. The lowest BCUT2D eigenvalue weighted by Crippen LogP contribution is -2.51. The van der Waals surface area contributed by atoms with Gasteiger partial charge in [-0.25, -0.2) is 4.98 Å². The van der Waals surface area contributed by atoms with Gasteiger partial charge in [-0.05, 0) is 37.1 Å². The van der Waals surface area contributed by atoms with E-state index >= 15 is 0 Å². The molecule has 172 valence electrons. The number of carbonyl (C=O) groups is 2. The van der Waals surface area contributed by atoms with E-state index < -0.39 is 18.1 Å². The molecule has 2 aromatic carbocycles. The topological polar surface area (TPSA) is 102 Å². The van der Waals surface area contributed by atoms with Crippen LogP contribution in [0.3, 0.4) is 0 Å². The highest BCUT2D eigenvalue weighted by molar-refractivity contribution is 5.80.